The van der Waals surface area contributed by atoms with Crippen molar-refractivity contribution in [3.63, 3.8) is 0 Å². The number of nitrogens with zero attached hydrogens (tertiary/aromatic N) is 2. The second-order valence-electron chi connectivity index (χ2n) is 6.85. The molecule has 21 heavy (non-hydrogen) atoms. The van der Waals surface area contributed by atoms with Crippen LogP contribution in [0.4, 0.5) is 0 Å². The number of likely N-dealkylation sites (tertiary alicyclic amines) is 1. The lowest BCUT2D eigenvalue weighted by atomic mass is 9.96. The van der Waals surface area contributed by atoms with Gasteiger partial charge in [-0.2, -0.15) is 0 Å². The fourth-order valence-corrected chi connectivity index (χ4v) is 3.29. The fourth-order valence-electron chi connectivity index (χ4n) is 3.29. The SMILES string of the molecule is CCCCCCCCCCN1CCC[C@H](C(=O)N(C)C)C1. The average Bonchev–Trinajstić information content (AvgIpc) is 2.49. The van der Waals surface area contributed by atoms with Crippen molar-refractivity contribution >= 4 is 5.91 Å². The molecule has 1 heterocycles. The predicted molar refractivity (Wildman–Crippen MR) is 90.5 cm³/mol. The maximum atomic E-state index is 12.0. The number of carbonyl (C=O) groups is 1. The summed E-state index contributed by atoms with van der Waals surface area (Å²) in [5.74, 6) is 0.554. The molecule has 1 amide bonds. The van der Waals surface area contributed by atoms with Crippen molar-refractivity contribution in [3.8, 4) is 0 Å². The van der Waals surface area contributed by atoms with Gasteiger partial charge in [-0.05, 0) is 32.4 Å². The van der Waals surface area contributed by atoms with Gasteiger partial charge >= 0.3 is 0 Å². The second-order valence-corrected chi connectivity index (χ2v) is 6.85. The maximum Gasteiger partial charge on any atom is 0.226 e. The number of piperidine rings is 1. The van der Waals surface area contributed by atoms with Crippen molar-refractivity contribution in [2.24, 2.45) is 5.92 Å². The van der Waals surface area contributed by atoms with Crippen molar-refractivity contribution in [3.05, 3.63) is 0 Å². The summed E-state index contributed by atoms with van der Waals surface area (Å²) in [6.45, 7) is 5.63. The lowest BCUT2D eigenvalue weighted by molar-refractivity contribution is -0.134. The summed E-state index contributed by atoms with van der Waals surface area (Å²) in [5.41, 5.74) is 0. The quantitative estimate of drug-likeness (QED) is 0.570. The minimum absolute atomic E-state index is 0.239. The molecule has 0 bridgehead atoms. The Kier molecular flexibility index (Phi) is 9.73. The van der Waals surface area contributed by atoms with Crippen LogP contribution in [-0.2, 0) is 4.79 Å². The fraction of sp³-hybridized carbons (Fsp3) is 0.944. The largest absolute Gasteiger partial charge is 0.349 e. The molecule has 3 heteroatoms. The molecule has 0 aliphatic carbocycles. The van der Waals surface area contributed by atoms with E-state index in [0.717, 1.165) is 13.0 Å². The van der Waals surface area contributed by atoms with Gasteiger partial charge in [0.05, 0.1) is 5.92 Å². The van der Waals surface area contributed by atoms with Crippen LogP contribution in [-0.4, -0.2) is 49.4 Å². The number of rotatable bonds is 10. The molecule has 1 fully saturated rings. The normalized spacial score (nSPS) is 19.7. The Hall–Kier alpha value is -0.570. The van der Waals surface area contributed by atoms with Gasteiger partial charge in [0.25, 0.3) is 0 Å². The van der Waals surface area contributed by atoms with Gasteiger partial charge in [0.15, 0.2) is 0 Å². The van der Waals surface area contributed by atoms with Crippen LogP contribution in [0.15, 0.2) is 0 Å². The van der Waals surface area contributed by atoms with Crippen molar-refractivity contribution in [1.82, 2.24) is 9.80 Å². The third-order valence-corrected chi connectivity index (χ3v) is 4.62. The second kappa shape index (κ2) is 11.1. The van der Waals surface area contributed by atoms with Crippen LogP contribution in [0.25, 0.3) is 0 Å². The molecule has 1 aliphatic rings. The first kappa shape index (κ1) is 18.5. The van der Waals surface area contributed by atoms with Crippen LogP contribution in [0.5, 0.6) is 0 Å². The molecule has 3 nitrogen and oxygen atoms in total. The van der Waals surface area contributed by atoms with Crippen molar-refractivity contribution in [2.45, 2.75) is 71.1 Å². The van der Waals surface area contributed by atoms with Gasteiger partial charge in [-0.25, -0.2) is 0 Å². The van der Waals surface area contributed by atoms with Crippen molar-refractivity contribution < 1.29 is 4.79 Å². The zero-order valence-electron chi connectivity index (χ0n) is 14.6. The van der Waals surface area contributed by atoms with Crippen LogP contribution in [0.2, 0.25) is 0 Å². The summed E-state index contributed by atoms with van der Waals surface area (Å²) in [6.07, 6.45) is 13.3. The van der Waals surface area contributed by atoms with Crippen LogP contribution in [0, 0.1) is 5.92 Å². The van der Waals surface area contributed by atoms with Crippen molar-refractivity contribution in [1.29, 1.82) is 0 Å². The molecule has 0 N–H and O–H groups in total. The first-order chi connectivity index (χ1) is 10.1. The highest BCUT2D eigenvalue weighted by Gasteiger charge is 2.26. The summed E-state index contributed by atoms with van der Waals surface area (Å²) >= 11 is 0. The van der Waals surface area contributed by atoms with Crippen LogP contribution in [0.1, 0.15) is 71.1 Å². The Labute approximate surface area is 132 Å². The number of unbranched alkanes of at least 4 members (excludes halogenated alkanes) is 7. The first-order valence-corrected chi connectivity index (χ1v) is 9.08. The van der Waals surface area contributed by atoms with Gasteiger partial charge in [0, 0.05) is 20.6 Å². The molecular weight excluding hydrogens is 260 g/mol. The minimum Gasteiger partial charge on any atom is -0.349 e. The van der Waals surface area contributed by atoms with Crippen molar-refractivity contribution in [2.75, 3.05) is 33.7 Å². The zero-order valence-corrected chi connectivity index (χ0v) is 14.6. The Morgan fingerprint density at radius 3 is 2.29 bits per heavy atom. The topological polar surface area (TPSA) is 23.6 Å². The molecule has 1 aliphatic heterocycles. The smallest absolute Gasteiger partial charge is 0.226 e. The monoisotopic (exact) mass is 296 g/mol. The van der Waals surface area contributed by atoms with Gasteiger partial charge in [-0.3, -0.25) is 4.79 Å². The molecule has 1 rings (SSSR count). The lowest BCUT2D eigenvalue weighted by Gasteiger charge is -2.33. The first-order valence-electron chi connectivity index (χ1n) is 9.08. The van der Waals surface area contributed by atoms with E-state index in [1.807, 2.05) is 14.1 Å². The molecule has 124 valence electrons. The third kappa shape index (κ3) is 7.85. The molecule has 0 spiro atoms. The molecule has 1 atom stereocenters. The number of hydrogen-bond donors (Lipinski definition) is 0. The van der Waals surface area contributed by atoms with Gasteiger partial charge in [0.1, 0.15) is 0 Å². The van der Waals surface area contributed by atoms with Crippen LogP contribution in [0.3, 0.4) is 0 Å². The predicted octanol–water partition coefficient (Wildman–Crippen LogP) is 3.93. The summed E-state index contributed by atoms with van der Waals surface area (Å²) in [5, 5.41) is 0. The van der Waals surface area contributed by atoms with E-state index in [1.165, 1.54) is 70.9 Å². The van der Waals surface area contributed by atoms with Crippen LogP contribution >= 0.6 is 0 Å². The summed E-state index contributed by atoms with van der Waals surface area (Å²) < 4.78 is 0. The van der Waals surface area contributed by atoms with E-state index >= 15 is 0 Å². The number of carbonyl (C=O) groups excluding carboxylic acids is 1. The summed E-state index contributed by atoms with van der Waals surface area (Å²) in [4.78, 5) is 16.3. The zero-order chi connectivity index (χ0) is 15.5. The van der Waals surface area contributed by atoms with Gasteiger partial charge in [-0.1, -0.05) is 51.9 Å². The third-order valence-electron chi connectivity index (χ3n) is 4.62. The Balaban J connectivity index is 2.05. The number of hydrogen-bond acceptors (Lipinski definition) is 2. The van der Waals surface area contributed by atoms with E-state index in [1.54, 1.807) is 4.90 Å². The summed E-state index contributed by atoms with van der Waals surface area (Å²) in [6, 6.07) is 0. The molecular formula is C18H36N2O. The minimum atomic E-state index is 0.239. The maximum absolute atomic E-state index is 12.0. The molecule has 1 saturated heterocycles. The lowest BCUT2D eigenvalue weighted by Crippen LogP contribution is -2.42. The van der Waals surface area contributed by atoms with Gasteiger partial charge in [-0.15, -0.1) is 0 Å². The van der Waals surface area contributed by atoms with E-state index in [4.69, 9.17) is 0 Å². The van der Waals surface area contributed by atoms with E-state index in [-0.39, 0.29) is 5.92 Å². The Morgan fingerprint density at radius 2 is 1.67 bits per heavy atom. The van der Waals surface area contributed by atoms with Gasteiger partial charge < -0.3 is 9.80 Å². The number of amides is 1. The highest BCUT2D eigenvalue weighted by molar-refractivity contribution is 5.78. The van der Waals surface area contributed by atoms with Gasteiger partial charge in [0.2, 0.25) is 5.91 Å². The molecule has 0 aromatic heterocycles. The van der Waals surface area contributed by atoms with E-state index in [9.17, 15) is 4.79 Å². The van der Waals surface area contributed by atoms with E-state index in [2.05, 4.69) is 11.8 Å². The van der Waals surface area contributed by atoms with E-state index in [0.29, 0.717) is 5.91 Å². The highest BCUT2D eigenvalue weighted by Crippen LogP contribution is 2.19. The highest BCUT2D eigenvalue weighted by atomic mass is 16.2. The summed E-state index contributed by atoms with van der Waals surface area (Å²) in [7, 11) is 3.75. The van der Waals surface area contributed by atoms with E-state index < -0.39 is 0 Å². The Morgan fingerprint density at radius 1 is 1.05 bits per heavy atom. The molecule has 0 aromatic rings. The molecule has 0 aromatic carbocycles. The molecule has 0 saturated carbocycles. The Bertz CT molecular complexity index is 278. The standard InChI is InChI=1S/C18H36N2O/c1-4-5-6-7-8-9-10-11-14-20-15-12-13-17(16-20)18(21)19(2)3/h17H,4-16H2,1-3H3/t17-/m0/s1. The molecule has 0 radical (unpaired) electrons. The van der Waals surface area contributed by atoms with Crippen LogP contribution < -0.4 is 0 Å². The average molecular weight is 296 g/mol. The molecule has 0 unspecified atom stereocenters.